The van der Waals surface area contributed by atoms with Crippen molar-refractivity contribution in [2.24, 2.45) is 0 Å². The van der Waals surface area contributed by atoms with E-state index in [1.54, 1.807) is 12.1 Å². The number of halogens is 1. The molecule has 2 N–H and O–H groups in total. The third kappa shape index (κ3) is 6.34. The Morgan fingerprint density at radius 3 is 2.24 bits per heavy atom. The first kappa shape index (κ1) is 18.6. The molecule has 0 radical (unpaired) electrons. The minimum Gasteiger partial charge on any atom is -0.355 e. The number of nitrogens with zero attached hydrogens (tertiary/aromatic N) is 1. The van der Waals surface area contributed by atoms with Gasteiger partial charge in [0.25, 0.3) is 5.69 Å². The number of nitrogens with one attached hydrogen (secondary N) is 2. The fourth-order valence-electron chi connectivity index (χ4n) is 2.06. The SMILES string of the molecule is O=C(Cc1ccc([N+](=O)[O-])cc1)NCCC(=O)Nc1ccc(Br)cc1. The lowest BCUT2D eigenvalue weighted by molar-refractivity contribution is -0.384. The number of nitro benzene ring substituents is 1. The molecule has 0 aliphatic rings. The molecule has 0 atom stereocenters. The fourth-order valence-corrected chi connectivity index (χ4v) is 2.32. The number of anilines is 1. The molecule has 0 fully saturated rings. The summed E-state index contributed by atoms with van der Waals surface area (Å²) >= 11 is 3.31. The van der Waals surface area contributed by atoms with Gasteiger partial charge in [-0.3, -0.25) is 19.7 Å². The molecule has 2 aromatic carbocycles. The van der Waals surface area contributed by atoms with Gasteiger partial charge < -0.3 is 10.6 Å². The van der Waals surface area contributed by atoms with Crippen LogP contribution >= 0.6 is 15.9 Å². The zero-order valence-corrected chi connectivity index (χ0v) is 14.8. The van der Waals surface area contributed by atoms with Crippen molar-refractivity contribution < 1.29 is 14.5 Å². The topological polar surface area (TPSA) is 101 Å². The van der Waals surface area contributed by atoms with Crippen LogP contribution in [0.2, 0.25) is 0 Å². The molecule has 2 aromatic rings. The molecular weight excluding hydrogens is 390 g/mol. The van der Waals surface area contributed by atoms with Crippen LogP contribution in [0.25, 0.3) is 0 Å². The number of carbonyl (C=O) groups excluding carboxylic acids is 2. The summed E-state index contributed by atoms with van der Waals surface area (Å²) in [5.74, 6) is -0.441. The third-order valence-corrected chi connectivity index (χ3v) is 3.84. The molecule has 0 aromatic heterocycles. The van der Waals surface area contributed by atoms with E-state index < -0.39 is 4.92 Å². The maximum absolute atomic E-state index is 11.8. The van der Waals surface area contributed by atoms with Crippen LogP contribution < -0.4 is 10.6 Å². The van der Waals surface area contributed by atoms with Gasteiger partial charge in [-0.05, 0) is 29.8 Å². The first-order valence-electron chi connectivity index (χ1n) is 7.49. The largest absolute Gasteiger partial charge is 0.355 e. The molecule has 0 aliphatic heterocycles. The number of hydrogen-bond donors (Lipinski definition) is 2. The van der Waals surface area contributed by atoms with Crippen LogP contribution in [-0.4, -0.2) is 23.3 Å². The van der Waals surface area contributed by atoms with Crippen LogP contribution in [0, 0.1) is 10.1 Å². The second kappa shape index (κ2) is 8.93. The summed E-state index contributed by atoms with van der Waals surface area (Å²) < 4.78 is 0.920. The van der Waals surface area contributed by atoms with E-state index in [1.807, 2.05) is 12.1 Å². The minimum atomic E-state index is -0.492. The van der Waals surface area contributed by atoms with Crippen molar-refractivity contribution in [3.63, 3.8) is 0 Å². The zero-order valence-electron chi connectivity index (χ0n) is 13.2. The van der Waals surface area contributed by atoms with Gasteiger partial charge in [0.15, 0.2) is 0 Å². The number of benzene rings is 2. The molecule has 7 nitrogen and oxygen atoms in total. The van der Waals surface area contributed by atoms with Crippen LogP contribution in [0.5, 0.6) is 0 Å². The Bertz CT molecular complexity index is 760. The van der Waals surface area contributed by atoms with E-state index in [2.05, 4.69) is 26.6 Å². The van der Waals surface area contributed by atoms with Crippen molar-refractivity contribution >= 4 is 39.1 Å². The Kier molecular flexibility index (Phi) is 6.64. The number of hydrogen-bond acceptors (Lipinski definition) is 4. The molecule has 0 saturated heterocycles. The molecule has 25 heavy (non-hydrogen) atoms. The lowest BCUT2D eigenvalue weighted by Crippen LogP contribution is -2.28. The van der Waals surface area contributed by atoms with Gasteiger partial charge in [-0.1, -0.05) is 28.1 Å². The van der Waals surface area contributed by atoms with E-state index in [0.717, 1.165) is 4.47 Å². The number of rotatable bonds is 7. The van der Waals surface area contributed by atoms with E-state index in [0.29, 0.717) is 11.3 Å². The average molecular weight is 406 g/mol. The molecular formula is C17H16BrN3O4. The molecule has 2 rings (SSSR count). The summed E-state index contributed by atoms with van der Waals surface area (Å²) in [6.07, 6.45) is 0.258. The Morgan fingerprint density at radius 1 is 1.00 bits per heavy atom. The third-order valence-electron chi connectivity index (χ3n) is 3.31. The van der Waals surface area contributed by atoms with Gasteiger partial charge in [-0.25, -0.2) is 0 Å². The first-order chi connectivity index (χ1) is 11.9. The van der Waals surface area contributed by atoms with Gasteiger partial charge >= 0.3 is 0 Å². The van der Waals surface area contributed by atoms with Crippen LogP contribution in [-0.2, 0) is 16.0 Å². The highest BCUT2D eigenvalue weighted by Gasteiger charge is 2.08. The van der Waals surface area contributed by atoms with Gasteiger partial charge in [0.05, 0.1) is 11.3 Å². The zero-order chi connectivity index (χ0) is 18.2. The molecule has 0 bridgehead atoms. The van der Waals surface area contributed by atoms with Gasteiger partial charge in [0.2, 0.25) is 11.8 Å². The fraction of sp³-hybridized carbons (Fsp3) is 0.176. The van der Waals surface area contributed by atoms with Gasteiger partial charge in [0, 0.05) is 35.3 Å². The van der Waals surface area contributed by atoms with Crippen molar-refractivity contribution in [1.82, 2.24) is 5.32 Å². The van der Waals surface area contributed by atoms with Crippen molar-refractivity contribution in [2.75, 3.05) is 11.9 Å². The summed E-state index contributed by atoms with van der Waals surface area (Å²) in [5, 5.41) is 16.0. The van der Waals surface area contributed by atoms with E-state index in [-0.39, 0.29) is 36.9 Å². The summed E-state index contributed by atoms with van der Waals surface area (Å²) in [4.78, 5) is 33.7. The van der Waals surface area contributed by atoms with E-state index in [1.165, 1.54) is 24.3 Å². The smallest absolute Gasteiger partial charge is 0.269 e. The number of nitro groups is 1. The predicted octanol–water partition coefficient (Wildman–Crippen LogP) is 3.04. The highest BCUT2D eigenvalue weighted by Crippen LogP contribution is 2.14. The van der Waals surface area contributed by atoms with Crippen molar-refractivity contribution in [2.45, 2.75) is 12.8 Å². The predicted molar refractivity (Wildman–Crippen MR) is 97.2 cm³/mol. The first-order valence-corrected chi connectivity index (χ1v) is 8.29. The number of amides is 2. The van der Waals surface area contributed by atoms with Crippen molar-refractivity contribution in [1.29, 1.82) is 0 Å². The Labute approximate surface area is 152 Å². The van der Waals surface area contributed by atoms with Gasteiger partial charge in [0.1, 0.15) is 0 Å². The second-order valence-corrected chi connectivity index (χ2v) is 6.17. The summed E-state index contributed by atoms with van der Waals surface area (Å²) in [6.45, 7) is 0.216. The summed E-state index contributed by atoms with van der Waals surface area (Å²) in [6, 6.07) is 13.0. The average Bonchev–Trinajstić information content (AvgIpc) is 2.57. The highest BCUT2D eigenvalue weighted by molar-refractivity contribution is 9.10. The van der Waals surface area contributed by atoms with Gasteiger partial charge in [-0.2, -0.15) is 0 Å². The van der Waals surface area contributed by atoms with Crippen molar-refractivity contribution in [3.8, 4) is 0 Å². The standard InChI is InChI=1S/C17H16BrN3O4/c18-13-3-5-14(6-4-13)20-16(22)9-10-19-17(23)11-12-1-7-15(8-2-12)21(24)25/h1-8H,9-11H2,(H,19,23)(H,20,22). The van der Waals surface area contributed by atoms with Crippen LogP contribution in [0.1, 0.15) is 12.0 Å². The van der Waals surface area contributed by atoms with Crippen LogP contribution in [0.15, 0.2) is 53.0 Å². The molecule has 0 spiro atoms. The number of carbonyl (C=O) groups is 2. The summed E-state index contributed by atoms with van der Waals surface area (Å²) in [5.41, 5.74) is 1.33. The van der Waals surface area contributed by atoms with E-state index >= 15 is 0 Å². The Balaban J connectivity index is 1.71. The van der Waals surface area contributed by atoms with Crippen LogP contribution in [0.3, 0.4) is 0 Å². The molecule has 130 valence electrons. The maximum atomic E-state index is 11.8. The molecule has 0 heterocycles. The highest BCUT2D eigenvalue weighted by atomic mass is 79.9. The molecule has 0 unspecified atom stereocenters. The molecule has 0 aliphatic carbocycles. The summed E-state index contributed by atoms with van der Waals surface area (Å²) in [7, 11) is 0. The maximum Gasteiger partial charge on any atom is 0.269 e. The second-order valence-electron chi connectivity index (χ2n) is 5.26. The molecule has 2 amide bonds. The van der Waals surface area contributed by atoms with E-state index in [9.17, 15) is 19.7 Å². The molecule has 0 saturated carbocycles. The Morgan fingerprint density at radius 2 is 1.64 bits per heavy atom. The number of non-ortho nitro benzene ring substituents is 1. The quantitative estimate of drug-likeness (QED) is 0.545. The minimum absolute atomic E-state index is 0.0197. The molecule has 8 heteroatoms. The lowest BCUT2D eigenvalue weighted by atomic mass is 10.1. The van der Waals surface area contributed by atoms with Gasteiger partial charge in [-0.15, -0.1) is 0 Å². The van der Waals surface area contributed by atoms with E-state index in [4.69, 9.17) is 0 Å². The monoisotopic (exact) mass is 405 g/mol. The van der Waals surface area contributed by atoms with Crippen molar-refractivity contribution in [3.05, 3.63) is 68.7 Å². The Hall–Kier alpha value is -2.74. The normalized spacial score (nSPS) is 10.1. The van der Waals surface area contributed by atoms with Crippen LogP contribution in [0.4, 0.5) is 11.4 Å². The lowest BCUT2D eigenvalue weighted by Gasteiger charge is -2.07.